The van der Waals surface area contributed by atoms with Crippen molar-refractivity contribution in [2.24, 2.45) is 0 Å². The Morgan fingerprint density at radius 2 is 1.38 bits per heavy atom. The van der Waals surface area contributed by atoms with Crippen molar-refractivity contribution in [2.45, 2.75) is 134 Å². The summed E-state index contributed by atoms with van der Waals surface area (Å²) in [5, 5.41) is 11.4. The largest absolute Gasteiger partial charge is 0.489 e. The third-order valence-corrected chi connectivity index (χ3v) is 16.7. The second-order valence-corrected chi connectivity index (χ2v) is 21.8. The van der Waals surface area contributed by atoms with Crippen molar-refractivity contribution in [1.82, 2.24) is 0 Å². The fourth-order valence-electron chi connectivity index (χ4n) is 3.59. The fraction of sp³-hybridized carbons (Fsp3) is 0.913. The molecule has 0 unspecified atom stereocenters. The maximum Gasteiger partial charge on any atom is 0.193 e. The molecule has 0 amide bonds. The molecule has 1 fully saturated rings. The van der Waals surface area contributed by atoms with Crippen LogP contribution in [0, 0.1) is 0 Å². The third-order valence-electron chi connectivity index (χ3n) is 7.78. The van der Waals surface area contributed by atoms with Crippen LogP contribution < -0.4 is 0 Å². The molecule has 1 aliphatic carbocycles. The first-order valence-corrected chi connectivity index (χ1v) is 17.2. The zero-order chi connectivity index (χ0) is 22.5. The van der Waals surface area contributed by atoms with E-state index in [1.807, 2.05) is 0 Å². The zero-order valence-corrected chi connectivity index (χ0v) is 22.8. The minimum atomic E-state index is -2.02. The van der Waals surface area contributed by atoms with Gasteiger partial charge in [-0.05, 0) is 74.9 Å². The van der Waals surface area contributed by atoms with Crippen molar-refractivity contribution in [2.75, 3.05) is 0 Å². The molecule has 0 aromatic heterocycles. The number of ether oxygens (including phenoxy) is 1. The molecule has 0 radical (unpaired) electrons. The van der Waals surface area contributed by atoms with Crippen molar-refractivity contribution in [3.05, 3.63) is 11.8 Å². The molecule has 2 aliphatic rings. The van der Waals surface area contributed by atoms with E-state index in [2.05, 4.69) is 80.7 Å². The molecule has 3 atom stereocenters. The lowest BCUT2D eigenvalue weighted by Crippen LogP contribution is -2.57. The molecule has 4 nitrogen and oxygen atoms in total. The Kier molecular flexibility index (Phi) is 7.00. The molecule has 0 aromatic carbocycles. The maximum atomic E-state index is 11.2. The molecule has 1 saturated carbocycles. The molecule has 1 N–H and O–H groups in total. The summed E-state index contributed by atoms with van der Waals surface area (Å²) in [4.78, 5) is 0. The van der Waals surface area contributed by atoms with E-state index < -0.39 is 22.2 Å². The van der Waals surface area contributed by atoms with Crippen LogP contribution >= 0.6 is 0 Å². The molecular weight excluding hydrogens is 396 g/mol. The second-order valence-electron chi connectivity index (χ2n) is 12.3. The summed E-state index contributed by atoms with van der Waals surface area (Å²) in [5.41, 5.74) is -0.842. The van der Waals surface area contributed by atoms with Crippen LogP contribution in [0.2, 0.25) is 36.3 Å². The number of rotatable bonds is 5. The highest BCUT2D eigenvalue weighted by molar-refractivity contribution is 6.74. The first-order chi connectivity index (χ1) is 12.9. The lowest BCUT2D eigenvalue weighted by molar-refractivity contribution is -0.0877. The van der Waals surface area contributed by atoms with E-state index in [-0.39, 0.29) is 28.4 Å². The number of hydrogen-bond acceptors (Lipinski definition) is 4. The van der Waals surface area contributed by atoms with E-state index >= 15 is 0 Å². The molecule has 6 heteroatoms. The van der Waals surface area contributed by atoms with Crippen LogP contribution in [0.4, 0.5) is 0 Å². The summed E-state index contributed by atoms with van der Waals surface area (Å²) in [6.45, 7) is 24.8. The summed E-state index contributed by atoms with van der Waals surface area (Å²) in [6.07, 6.45) is 5.20. The smallest absolute Gasteiger partial charge is 0.193 e. The van der Waals surface area contributed by atoms with Gasteiger partial charge in [0.1, 0.15) is 23.6 Å². The van der Waals surface area contributed by atoms with Crippen LogP contribution in [0.3, 0.4) is 0 Å². The van der Waals surface area contributed by atoms with Gasteiger partial charge >= 0.3 is 0 Å². The highest BCUT2D eigenvalue weighted by Crippen LogP contribution is 2.45. The number of aliphatic hydroxyl groups is 1. The Labute approximate surface area is 181 Å². The normalized spacial score (nSPS) is 28.8. The highest BCUT2D eigenvalue weighted by Gasteiger charge is 2.49. The first-order valence-electron chi connectivity index (χ1n) is 11.4. The van der Waals surface area contributed by atoms with Gasteiger partial charge in [0.25, 0.3) is 0 Å². The quantitative estimate of drug-likeness (QED) is 0.502. The molecule has 0 saturated heterocycles. The predicted octanol–water partition coefficient (Wildman–Crippen LogP) is 6.37. The molecular formula is C23H46O4Si2. The fourth-order valence-corrected chi connectivity index (χ4v) is 6.18. The summed E-state index contributed by atoms with van der Waals surface area (Å²) < 4.78 is 20.1. The van der Waals surface area contributed by atoms with E-state index in [0.29, 0.717) is 5.76 Å². The van der Waals surface area contributed by atoms with Crippen LogP contribution in [0.1, 0.15) is 74.1 Å². The number of hydrogen-bond donors (Lipinski definition) is 1. The van der Waals surface area contributed by atoms with Crippen molar-refractivity contribution >= 4 is 16.6 Å². The van der Waals surface area contributed by atoms with Crippen molar-refractivity contribution < 1.29 is 18.7 Å². The van der Waals surface area contributed by atoms with E-state index in [1.165, 1.54) is 0 Å². The van der Waals surface area contributed by atoms with Gasteiger partial charge in [-0.3, -0.25) is 0 Å². The van der Waals surface area contributed by atoms with Gasteiger partial charge in [-0.25, -0.2) is 0 Å². The summed E-state index contributed by atoms with van der Waals surface area (Å²) in [6, 6.07) is 0. The highest BCUT2D eigenvalue weighted by atomic mass is 28.4. The minimum absolute atomic E-state index is 0.105. The van der Waals surface area contributed by atoms with Gasteiger partial charge in [-0.1, -0.05) is 41.5 Å². The standard InChI is InChI=1S/C23H46O4Si2/c1-17-20(27-29(10,11)22(5,6)7)18(26-28(8,9)21(2,3)4)16-19(25-17)23(24)14-12-13-15-23/h16-18,20,24H,12-15H2,1-11H3/t17-,18-,20-/m0/s1. The van der Waals surface area contributed by atoms with Crippen LogP contribution in [-0.2, 0) is 13.6 Å². The van der Waals surface area contributed by atoms with Crippen LogP contribution in [-0.4, -0.2) is 45.7 Å². The van der Waals surface area contributed by atoms with Gasteiger partial charge in [0.15, 0.2) is 16.6 Å². The van der Waals surface area contributed by atoms with Crippen molar-refractivity contribution in [3.63, 3.8) is 0 Å². The van der Waals surface area contributed by atoms with Gasteiger partial charge in [0, 0.05) is 0 Å². The first kappa shape index (κ1) is 25.1. The molecule has 1 heterocycles. The molecule has 29 heavy (non-hydrogen) atoms. The van der Waals surface area contributed by atoms with E-state index in [0.717, 1.165) is 25.7 Å². The minimum Gasteiger partial charge on any atom is -0.489 e. The van der Waals surface area contributed by atoms with Gasteiger partial charge in [0.2, 0.25) is 0 Å². The van der Waals surface area contributed by atoms with E-state index in [9.17, 15) is 5.11 Å². The lowest BCUT2D eigenvalue weighted by atomic mass is 9.94. The Bertz CT molecular complexity index is 607. The van der Waals surface area contributed by atoms with Crippen LogP contribution in [0.15, 0.2) is 11.8 Å². The third kappa shape index (κ3) is 5.38. The molecule has 0 aromatic rings. The van der Waals surface area contributed by atoms with Crippen LogP contribution in [0.25, 0.3) is 0 Å². The monoisotopic (exact) mass is 442 g/mol. The van der Waals surface area contributed by atoms with Gasteiger partial charge in [0.05, 0.1) is 6.10 Å². The molecule has 0 bridgehead atoms. The summed E-state index contributed by atoms with van der Waals surface area (Å²) in [7, 11) is -4.03. The second kappa shape index (κ2) is 8.08. The Morgan fingerprint density at radius 1 is 0.931 bits per heavy atom. The van der Waals surface area contributed by atoms with Crippen molar-refractivity contribution in [1.29, 1.82) is 0 Å². The molecule has 1 aliphatic heterocycles. The van der Waals surface area contributed by atoms with Gasteiger partial charge < -0.3 is 18.7 Å². The average Bonchev–Trinajstić information content (AvgIpc) is 2.96. The summed E-state index contributed by atoms with van der Waals surface area (Å²) in [5.74, 6) is 0.710. The Balaban J connectivity index is 2.41. The molecule has 2 rings (SSSR count). The van der Waals surface area contributed by atoms with E-state index in [1.54, 1.807) is 0 Å². The van der Waals surface area contributed by atoms with Gasteiger partial charge in [-0.2, -0.15) is 0 Å². The predicted molar refractivity (Wildman–Crippen MR) is 126 cm³/mol. The Hall–Kier alpha value is -0.146. The zero-order valence-electron chi connectivity index (χ0n) is 20.8. The lowest BCUT2D eigenvalue weighted by Gasteiger charge is -2.48. The average molecular weight is 443 g/mol. The molecule has 170 valence electrons. The topological polar surface area (TPSA) is 47.9 Å². The summed E-state index contributed by atoms with van der Waals surface area (Å²) >= 11 is 0. The van der Waals surface area contributed by atoms with Crippen molar-refractivity contribution in [3.8, 4) is 0 Å². The van der Waals surface area contributed by atoms with Crippen LogP contribution in [0.5, 0.6) is 0 Å². The van der Waals surface area contributed by atoms with Gasteiger partial charge in [-0.15, -0.1) is 0 Å². The SMILES string of the molecule is C[C@@H]1OC(C2(O)CCCC2)=C[C@H](O[Si](C)(C)C(C)(C)C)[C@H]1O[Si](C)(C)C(C)(C)C. The molecule has 0 spiro atoms. The maximum absolute atomic E-state index is 11.2. The van der Waals surface area contributed by atoms with E-state index in [4.69, 9.17) is 13.6 Å². The Morgan fingerprint density at radius 3 is 1.83 bits per heavy atom.